The molecule has 0 unspecified atom stereocenters. The van der Waals surface area contributed by atoms with Crippen LogP contribution in [0.2, 0.25) is 0 Å². The first-order chi connectivity index (χ1) is 14.1. The summed E-state index contributed by atoms with van der Waals surface area (Å²) in [6, 6.07) is 14.9. The summed E-state index contributed by atoms with van der Waals surface area (Å²) in [5.74, 6) is 2.04. The molecule has 0 radical (unpaired) electrons. The van der Waals surface area contributed by atoms with Gasteiger partial charge in [-0.05, 0) is 55.7 Å². The van der Waals surface area contributed by atoms with Crippen LogP contribution >= 0.6 is 0 Å². The normalized spacial score (nSPS) is 10.6. The number of benzene rings is 2. The molecule has 0 aliphatic heterocycles. The Morgan fingerprint density at radius 1 is 0.931 bits per heavy atom. The zero-order valence-electron chi connectivity index (χ0n) is 17.6. The fraction of sp³-hybridized carbons (Fsp3) is 0.435. The van der Waals surface area contributed by atoms with Crippen molar-refractivity contribution < 1.29 is 19.0 Å². The van der Waals surface area contributed by atoms with Crippen molar-refractivity contribution in [2.45, 2.75) is 27.2 Å². The van der Waals surface area contributed by atoms with Crippen LogP contribution in [0, 0.1) is 5.92 Å². The minimum atomic E-state index is -0.124. The second-order valence-corrected chi connectivity index (χ2v) is 7.03. The highest BCUT2D eigenvalue weighted by Gasteiger charge is 2.04. The third kappa shape index (κ3) is 9.34. The average molecular weight is 401 g/mol. The number of amides is 1. The van der Waals surface area contributed by atoms with E-state index in [4.69, 9.17) is 14.2 Å². The second kappa shape index (κ2) is 12.7. The lowest BCUT2D eigenvalue weighted by atomic mass is 10.1. The summed E-state index contributed by atoms with van der Waals surface area (Å²) < 4.78 is 16.6. The van der Waals surface area contributed by atoms with Crippen LogP contribution < -0.4 is 20.1 Å². The number of nitrogens with one attached hydrogen (secondary N) is 2. The highest BCUT2D eigenvalue weighted by Crippen LogP contribution is 2.18. The molecule has 0 heterocycles. The Morgan fingerprint density at radius 2 is 1.69 bits per heavy atom. The molecule has 6 heteroatoms. The summed E-state index contributed by atoms with van der Waals surface area (Å²) >= 11 is 0. The van der Waals surface area contributed by atoms with Crippen molar-refractivity contribution in [3.8, 4) is 11.5 Å². The smallest absolute Gasteiger partial charge is 0.243 e. The fourth-order valence-electron chi connectivity index (χ4n) is 2.49. The van der Waals surface area contributed by atoms with Gasteiger partial charge in [0.2, 0.25) is 5.91 Å². The molecule has 0 spiro atoms. The SMILES string of the molecule is CCOCCOc1cccc(NCC(=O)Nc2ccc(OCCC(C)C)cc2)c1. The third-order valence-corrected chi connectivity index (χ3v) is 4.09. The summed E-state index contributed by atoms with van der Waals surface area (Å²) in [5, 5.41) is 5.98. The molecule has 0 fully saturated rings. The van der Waals surface area contributed by atoms with Crippen LogP contribution in [0.25, 0.3) is 0 Å². The molecule has 2 rings (SSSR count). The molecule has 0 saturated heterocycles. The van der Waals surface area contributed by atoms with Crippen LogP contribution in [0.15, 0.2) is 48.5 Å². The van der Waals surface area contributed by atoms with Crippen LogP contribution in [-0.4, -0.2) is 38.9 Å². The van der Waals surface area contributed by atoms with E-state index in [1.807, 2.05) is 55.5 Å². The number of rotatable bonds is 13. The van der Waals surface area contributed by atoms with Gasteiger partial charge in [0.15, 0.2) is 0 Å². The van der Waals surface area contributed by atoms with Crippen molar-refractivity contribution in [2.75, 3.05) is 43.6 Å². The molecule has 2 N–H and O–H groups in total. The van der Waals surface area contributed by atoms with Gasteiger partial charge in [0.1, 0.15) is 18.1 Å². The van der Waals surface area contributed by atoms with Crippen molar-refractivity contribution in [1.82, 2.24) is 0 Å². The maximum Gasteiger partial charge on any atom is 0.243 e. The van der Waals surface area contributed by atoms with Gasteiger partial charge in [0.05, 0.1) is 19.8 Å². The van der Waals surface area contributed by atoms with Gasteiger partial charge in [-0.25, -0.2) is 0 Å². The molecule has 2 aromatic rings. The number of ether oxygens (including phenoxy) is 3. The highest BCUT2D eigenvalue weighted by atomic mass is 16.5. The van der Waals surface area contributed by atoms with Crippen molar-refractivity contribution in [3.63, 3.8) is 0 Å². The Balaban J connectivity index is 1.74. The average Bonchev–Trinajstić information content (AvgIpc) is 2.71. The van der Waals surface area contributed by atoms with Crippen molar-refractivity contribution in [2.24, 2.45) is 5.92 Å². The van der Waals surface area contributed by atoms with Gasteiger partial charge in [0.25, 0.3) is 0 Å². The Kier molecular flexibility index (Phi) is 9.86. The highest BCUT2D eigenvalue weighted by molar-refractivity contribution is 5.93. The van der Waals surface area contributed by atoms with E-state index in [2.05, 4.69) is 24.5 Å². The van der Waals surface area contributed by atoms with Gasteiger partial charge < -0.3 is 24.8 Å². The topological polar surface area (TPSA) is 68.8 Å². The van der Waals surface area contributed by atoms with E-state index in [1.54, 1.807) is 0 Å². The van der Waals surface area contributed by atoms with Gasteiger partial charge in [-0.3, -0.25) is 4.79 Å². The lowest BCUT2D eigenvalue weighted by molar-refractivity contribution is -0.114. The van der Waals surface area contributed by atoms with E-state index in [0.717, 1.165) is 29.3 Å². The molecular weight excluding hydrogens is 368 g/mol. The quantitative estimate of drug-likeness (QED) is 0.482. The van der Waals surface area contributed by atoms with E-state index in [1.165, 1.54) is 0 Å². The van der Waals surface area contributed by atoms with E-state index in [0.29, 0.717) is 32.3 Å². The zero-order valence-corrected chi connectivity index (χ0v) is 17.6. The lowest BCUT2D eigenvalue weighted by Gasteiger charge is -2.11. The molecule has 2 aromatic carbocycles. The molecule has 0 saturated carbocycles. The van der Waals surface area contributed by atoms with Crippen molar-refractivity contribution >= 4 is 17.3 Å². The van der Waals surface area contributed by atoms with E-state index >= 15 is 0 Å². The van der Waals surface area contributed by atoms with Gasteiger partial charge in [0, 0.05) is 24.0 Å². The molecule has 0 bridgehead atoms. The second-order valence-electron chi connectivity index (χ2n) is 7.03. The van der Waals surface area contributed by atoms with Gasteiger partial charge in [-0.2, -0.15) is 0 Å². The third-order valence-electron chi connectivity index (χ3n) is 4.09. The van der Waals surface area contributed by atoms with E-state index in [9.17, 15) is 4.79 Å². The summed E-state index contributed by atoms with van der Waals surface area (Å²) in [6.07, 6.45) is 1.02. The van der Waals surface area contributed by atoms with E-state index in [-0.39, 0.29) is 12.5 Å². The summed E-state index contributed by atoms with van der Waals surface area (Å²) in [4.78, 5) is 12.2. The first kappa shape index (κ1) is 22.6. The molecule has 0 aliphatic carbocycles. The molecule has 0 aliphatic rings. The summed E-state index contributed by atoms with van der Waals surface area (Å²) in [5.41, 5.74) is 1.56. The van der Waals surface area contributed by atoms with Gasteiger partial charge in [-0.15, -0.1) is 0 Å². The minimum Gasteiger partial charge on any atom is -0.494 e. The standard InChI is InChI=1S/C23H32N2O4/c1-4-27-14-15-29-22-7-5-6-20(16-22)24-17-23(26)25-19-8-10-21(11-9-19)28-13-12-18(2)3/h5-11,16,18,24H,4,12-15,17H2,1-3H3,(H,25,26). The fourth-order valence-corrected chi connectivity index (χ4v) is 2.49. The minimum absolute atomic E-state index is 0.124. The van der Waals surface area contributed by atoms with Crippen LogP contribution in [0.3, 0.4) is 0 Å². The van der Waals surface area contributed by atoms with Gasteiger partial charge in [-0.1, -0.05) is 19.9 Å². The largest absolute Gasteiger partial charge is 0.494 e. The Bertz CT molecular complexity index is 732. The van der Waals surface area contributed by atoms with Crippen LogP contribution in [-0.2, 0) is 9.53 Å². The molecule has 0 atom stereocenters. The van der Waals surface area contributed by atoms with Gasteiger partial charge >= 0.3 is 0 Å². The monoisotopic (exact) mass is 400 g/mol. The Labute approximate surface area is 173 Å². The first-order valence-corrected chi connectivity index (χ1v) is 10.1. The number of hydrogen-bond donors (Lipinski definition) is 2. The predicted octanol–water partition coefficient (Wildman–Crippen LogP) is 4.58. The molecule has 29 heavy (non-hydrogen) atoms. The predicted molar refractivity (Wildman–Crippen MR) is 117 cm³/mol. The number of carbonyl (C=O) groups excluding carboxylic acids is 1. The molecule has 158 valence electrons. The molecule has 0 aromatic heterocycles. The number of carbonyl (C=O) groups is 1. The lowest BCUT2D eigenvalue weighted by Crippen LogP contribution is -2.21. The van der Waals surface area contributed by atoms with Crippen molar-refractivity contribution in [3.05, 3.63) is 48.5 Å². The first-order valence-electron chi connectivity index (χ1n) is 10.1. The number of anilines is 2. The van der Waals surface area contributed by atoms with Crippen LogP contribution in [0.4, 0.5) is 11.4 Å². The zero-order chi connectivity index (χ0) is 20.9. The molecular formula is C23H32N2O4. The van der Waals surface area contributed by atoms with Crippen molar-refractivity contribution in [1.29, 1.82) is 0 Å². The Morgan fingerprint density at radius 3 is 2.41 bits per heavy atom. The van der Waals surface area contributed by atoms with E-state index < -0.39 is 0 Å². The summed E-state index contributed by atoms with van der Waals surface area (Å²) in [6.45, 7) is 8.87. The van der Waals surface area contributed by atoms with Crippen LogP contribution in [0.1, 0.15) is 27.2 Å². The maximum absolute atomic E-state index is 12.2. The number of hydrogen-bond acceptors (Lipinski definition) is 5. The van der Waals surface area contributed by atoms with Crippen LogP contribution in [0.5, 0.6) is 11.5 Å². The Hall–Kier alpha value is -2.73. The molecule has 1 amide bonds. The summed E-state index contributed by atoms with van der Waals surface area (Å²) in [7, 11) is 0. The molecule has 6 nitrogen and oxygen atoms in total. The maximum atomic E-state index is 12.2.